The van der Waals surface area contributed by atoms with Gasteiger partial charge in [-0.3, -0.25) is 4.79 Å². The zero-order valence-electron chi connectivity index (χ0n) is 10.6. The Hall–Kier alpha value is -1.61. The molecule has 0 radical (unpaired) electrons. The minimum Gasteiger partial charge on any atom is -0.468 e. The van der Waals surface area contributed by atoms with E-state index in [1.54, 1.807) is 13.2 Å². The number of carbonyl (C=O) groups excluding carboxylic acids is 1. The molecule has 0 saturated carbocycles. The van der Waals surface area contributed by atoms with E-state index in [-0.39, 0.29) is 12.6 Å². The van der Waals surface area contributed by atoms with Gasteiger partial charge >= 0.3 is 0 Å². The Labute approximate surface area is 107 Å². The third-order valence-electron chi connectivity index (χ3n) is 3.02. The van der Waals surface area contributed by atoms with Crippen LogP contribution in [0.1, 0.15) is 36.0 Å². The van der Waals surface area contributed by atoms with Gasteiger partial charge in [0.2, 0.25) is 0 Å². The van der Waals surface area contributed by atoms with Crippen molar-refractivity contribution in [3.8, 4) is 5.75 Å². The van der Waals surface area contributed by atoms with Gasteiger partial charge in [0, 0.05) is 12.7 Å². The van der Waals surface area contributed by atoms with Gasteiger partial charge in [0.25, 0.3) is 0 Å². The van der Waals surface area contributed by atoms with Crippen LogP contribution in [0.15, 0.2) is 35.9 Å². The van der Waals surface area contributed by atoms with E-state index in [1.165, 1.54) is 6.42 Å². The highest BCUT2D eigenvalue weighted by atomic mass is 16.7. The molecule has 1 aromatic rings. The number of Topliss-reactive ketones (excluding diaryl/α,β-unsaturated/α-hetero) is 1. The lowest BCUT2D eigenvalue weighted by Gasteiger charge is -2.12. The van der Waals surface area contributed by atoms with Gasteiger partial charge in [-0.1, -0.05) is 18.2 Å². The van der Waals surface area contributed by atoms with E-state index in [4.69, 9.17) is 9.47 Å². The van der Waals surface area contributed by atoms with Crippen LogP contribution >= 0.6 is 0 Å². The van der Waals surface area contributed by atoms with E-state index in [9.17, 15) is 4.79 Å². The summed E-state index contributed by atoms with van der Waals surface area (Å²) in [4.78, 5) is 12.3. The highest BCUT2D eigenvalue weighted by Gasteiger charge is 2.14. The van der Waals surface area contributed by atoms with Crippen molar-refractivity contribution in [3.63, 3.8) is 0 Å². The Balaban J connectivity index is 2.12. The van der Waals surface area contributed by atoms with Crippen LogP contribution in [0.4, 0.5) is 0 Å². The molecule has 0 spiro atoms. The minimum absolute atomic E-state index is 0.123. The first-order valence-electron chi connectivity index (χ1n) is 6.27. The number of allylic oxidation sites excluding steroid dienone is 2. The quantitative estimate of drug-likeness (QED) is 0.590. The molecule has 0 N–H and O–H groups in total. The highest BCUT2D eigenvalue weighted by Crippen LogP contribution is 2.23. The van der Waals surface area contributed by atoms with Crippen LogP contribution in [0, 0.1) is 0 Å². The average Bonchev–Trinajstić information content (AvgIpc) is 2.45. The fourth-order valence-corrected chi connectivity index (χ4v) is 2.08. The Morgan fingerprint density at radius 3 is 2.94 bits per heavy atom. The predicted octanol–water partition coefficient (Wildman–Crippen LogP) is 3.35. The maximum atomic E-state index is 12.3. The first-order chi connectivity index (χ1) is 8.81. The summed E-state index contributed by atoms with van der Waals surface area (Å²) in [6.45, 7) is 0.195. The summed E-state index contributed by atoms with van der Waals surface area (Å²) in [5, 5.41) is 0. The maximum absolute atomic E-state index is 12.3. The lowest BCUT2D eigenvalue weighted by molar-refractivity contribution is 0.0510. The van der Waals surface area contributed by atoms with Crippen LogP contribution in [-0.2, 0) is 4.74 Å². The normalized spacial score (nSPS) is 15.1. The van der Waals surface area contributed by atoms with Crippen molar-refractivity contribution in [1.29, 1.82) is 0 Å². The molecule has 0 aromatic heterocycles. The summed E-state index contributed by atoms with van der Waals surface area (Å²) in [5.41, 5.74) is 1.63. The Bertz CT molecular complexity index is 449. The van der Waals surface area contributed by atoms with E-state index in [1.807, 2.05) is 18.2 Å². The molecule has 2 rings (SSSR count). The second kappa shape index (κ2) is 6.36. The molecular weight excluding hydrogens is 228 g/mol. The van der Waals surface area contributed by atoms with Crippen molar-refractivity contribution < 1.29 is 14.3 Å². The van der Waals surface area contributed by atoms with Crippen LogP contribution in [-0.4, -0.2) is 19.7 Å². The Morgan fingerprint density at radius 1 is 1.33 bits per heavy atom. The second-order valence-electron chi connectivity index (χ2n) is 4.38. The summed E-state index contributed by atoms with van der Waals surface area (Å²) < 4.78 is 10.2. The van der Waals surface area contributed by atoms with Crippen molar-refractivity contribution in [2.75, 3.05) is 13.9 Å². The van der Waals surface area contributed by atoms with Crippen molar-refractivity contribution in [2.24, 2.45) is 0 Å². The highest BCUT2D eigenvalue weighted by molar-refractivity contribution is 6.08. The molecule has 96 valence electrons. The molecular formula is C15H18O3. The molecule has 0 amide bonds. The Kier molecular flexibility index (Phi) is 4.53. The molecule has 0 fully saturated rings. The zero-order valence-corrected chi connectivity index (χ0v) is 10.6. The Morgan fingerprint density at radius 2 is 2.22 bits per heavy atom. The van der Waals surface area contributed by atoms with E-state index in [0.717, 1.165) is 24.8 Å². The third-order valence-corrected chi connectivity index (χ3v) is 3.02. The minimum atomic E-state index is 0.123. The second-order valence-corrected chi connectivity index (χ2v) is 4.38. The number of ketones is 1. The lowest BCUT2D eigenvalue weighted by Crippen LogP contribution is -2.07. The number of hydrogen-bond donors (Lipinski definition) is 0. The number of rotatable bonds is 5. The summed E-state index contributed by atoms with van der Waals surface area (Å²) in [7, 11) is 1.57. The van der Waals surface area contributed by atoms with Crippen molar-refractivity contribution in [1.82, 2.24) is 0 Å². The fraction of sp³-hybridized carbons (Fsp3) is 0.400. The third kappa shape index (κ3) is 3.20. The lowest BCUT2D eigenvalue weighted by atomic mass is 9.93. The molecule has 18 heavy (non-hydrogen) atoms. The molecule has 0 aliphatic heterocycles. The average molecular weight is 246 g/mol. The zero-order chi connectivity index (χ0) is 12.8. The van der Waals surface area contributed by atoms with Gasteiger partial charge < -0.3 is 9.47 Å². The molecule has 1 aromatic carbocycles. The largest absolute Gasteiger partial charge is 0.468 e. The van der Waals surface area contributed by atoms with Gasteiger partial charge in [-0.25, -0.2) is 0 Å². The topological polar surface area (TPSA) is 35.5 Å². The molecule has 0 unspecified atom stereocenters. The van der Waals surface area contributed by atoms with E-state index in [2.05, 4.69) is 6.08 Å². The molecule has 0 heterocycles. The molecule has 3 nitrogen and oxygen atoms in total. The van der Waals surface area contributed by atoms with Crippen LogP contribution in [0.25, 0.3) is 0 Å². The number of ether oxygens (including phenoxy) is 2. The van der Waals surface area contributed by atoms with Gasteiger partial charge in [0.15, 0.2) is 12.6 Å². The molecule has 1 aliphatic carbocycles. The van der Waals surface area contributed by atoms with E-state index < -0.39 is 0 Å². The monoisotopic (exact) mass is 246 g/mol. The molecule has 0 bridgehead atoms. The smallest absolute Gasteiger partial charge is 0.188 e. The number of benzene rings is 1. The maximum Gasteiger partial charge on any atom is 0.188 e. The van der Waals surface area contributed by atoms with Gasteiger partial charge in [0.05, 0.1) is 0 Å². The van der Waals surface area contributed by atoms with Gasteiger partial charge in [-0.15, -0.1) is 0 Å². The molecule has 0 saturated heterocycles. The first-order valence-corrected chi connectivity index (χ1v) is 6.27. The number of carbonyl (C=O) groups is 1. The van der Waals surface area contributed by atoms with Gasteiger partial charge in [-0.2, -0.15) is 0 Å². The predicted molar refractivity (Wildman–Crippen MR) is 69.8 cm³/mol. The van der Waals surface area contributed by atoms with Crippen LogP contribution in [0.5, 0.6) is 5.75 Å². The van der Waals surface area contributed by atoms with E-state index in [0.29, 0.717) is 11.3 Å². The van der Waals surface area contributed by atoms with Crippen LogP contribution in [0.3, 0.4) is 0 Å². The van der Waals surface area contributed by atoms with Gasteiger partial charge in [-0.05, 0) is 43.4 Å². The fourth-order valence-electron chi connectivity index (χ4n) is 2.08. The summed E-state index contributed by atoms with van der Waals surface area (Å²) in [6, 6.07) is 7.26. The summed E-state index contributed by atoms with van der Waals surface area (Å²) >= 11 is 0. The van der Waals surface area contributed by atoms with Crippen molar-refractivity contribution >= 4 is 5.78 Å². The number of hydrogen-bond acceptors (Lipinski definition) is 3. The van der Waals surface area contributed by atoms with E-state index >= 15 is 0 Å². The molecule has 0 atom stereocenters. The van der Waals surface area contributed by atoms with Crippen molar-refractivity contribution in [2.45, 2.75) is 25.7 Å². The standard InChI is InChI=1S/C15H18O3/c1-17-11-18-14-9-5-8-13(10-14)15(16)12-6-3-2-4-7-12/h5-6,8-10H,2-4,7,11H2,1H3. The molecule has 3 heteroatoms. The van der Waals surface area contributed by atoms with Crippen LogP contribution < -0.4 is 4.74 Å². The number of methoxy groups -OCH3 is 1. The summed E-state index contributed by atoms with van der Waals surface area (Å²) in [6.07, 6.45) is 6.27. The molecule has 1 aliphatic rings. The SMILES string of the molecule is COCOc1cccc(C(=O)C2=CCCCC2)c1. The van der Waals surface area contributed by atoms with Gasteiger partial charge in [0.1, 0.15) is 5.75 Å². The van der Waals surface area contributed by atoms with Crippen LogP contribution in [0.2, 0.25) is 0 Å². The first kappa shape index (κ1) is 12.8. The summed E-state index contributed by atoms with van der Waals surface area (Å²) in [5.74, 6) is 0.789. The van der Waals surface area contributed by atoms with Crippen molar-refractivity contribution in [3.05, 3.63) is 41.5 Å².